The summed E-state index contributed by atoms with van der Waals surface area (Å²) in [5.74, 6) is 0.255. The van der Waals surface area contributed by atoms with Gasteiger partial charge in [0, 0.05) is 22.7 Å². The Morgan fingerprint density at radius 2 is 1.97 bits per heavy atom. The molecule has 0 aromatic heterocycles. The van der Waals surface area contributed by atoms with Gasteiger partial charge in [-0.05, 0) is 82.6 Å². The van der Waals surface area contributed by atoms with Gasteiger partial charge in [-0.3, -0.25) is 9.59 Å². The summed E-state index contributed by atoms with van der Waals surface area (Å²) < 4.78 is 13.3. The summed E-state index contributed by atoms with van der Waals surface area (Å²) in [5.41, 5.74) is -1.09. The average Bonchev–Trinajstić information content (AvgIpc) is 3.32. The number of carbonyl (C=O) groups excluding carboxylic acids is 2. The summed E-state index contributed by atoms with van der Waals surface area (Å²) in [7, 11) is 2.12. The van der Waals surface area contributed by atoms with Crippen molar-refractivity contribution in [3.05, 3.63) is 23.8 Å². The number of aliphatic hydroxyl groups excluding tert-OH is 2. The summed E-state index contributed by atoms with van der Waals surface area (Å²) in [6.45, 7) is 5.62. The zero-order valence-electron chi connectivity index (χ0n) is 21.1. The van der Waals surface area contributed by atoms with E-state index in [1.807, 2.05) is 6.08 Å². The second-order valence-corrected chi connectivity index (χ2v) is 12.5. The van der Waals surface area contributed by atoms with Crippen LogP contribution in [-0.4, -0.2) is 77.5 Å². The van der Waals surface area contributed by atoms with Crippen molar-refractivity contribution in [1.82, 2.24) is 4.90 Å². The van der Waals surface area contributed by atoms with Crippen LogP contribution in [0.25, 0.3) is 0 Å². The molecular formula is C28H39NO6. The maximum absolute atomic E-state index is 13.5. The number of aliphatic hydroxyl groups is 2. The van der Waals surface area contributed by atoms with Gasteiger partial charge in [-0.25, -0.2) is 0 Å². The van der Waals surface area contributed by atoms with Crippen LogP contribution < -0.4 is 0 Å². The monoisotopic (exact) mass is 485 g/mol. The minimum atomic E-state index is -1.22. The fraction of sp³-hybridized carbons (Fsp3) is 0.786. The molecule has 6 rings (SSSR count). The summed E-state index contributed by atoms with van der Waals surface area (Å²) in [6.07, 6.45) is 8.67. The molecule has 192 valence electrons. The highest BCUT2D eigenvalue weighted by Crippen LogP contribution is 2.70. The van der Waals surface area contributed by atoms with E-state index in [0.29, 0.717) is 12.8 Å². The molecule has 35 heavy (non-hydrogen) atoms. The van der Waals surface area contributed by atoms with Gasteiger partial charge in [-0.15, -0.1) is 0 Å². The predicted molar refractivity (Wildman–Crippen MR) is 128 cm³/mol. The second-order valence-electron chi connectivity index (χ2n) is 12.5. The standard InChI is InChI=1S/C28H39NO6/c1-26-9-6-18(31)12-17(26)4-5-19-20-13-23-28(22(33)15-30,27(20,2)14-21(32)24(19)26)35-25(34-23)16-7-10-29(3)11-8-16/h6,9,12,16,19-21,23-25,30,32H,4-5,7-8,10-11,13-15H2,1-3H3/t19-,20-,21-,23-,24+,25?,26-,27-,28+/m0/s1. The molecule has 0 aromatic rings. The van der Waals surface area contributed by atoms with E-state index in [0.717, 1.165) is 44.3 Å². The van der Waals surface area contributed by atoms with Gasteiger partial charge in [0.15, 0.2) is 23.5 Å². The lowest BCUT2D eigenvalue weighted by atomic mass is 9.46. The van der Waals surface area contributed by atoms with Crippen LogP contribution in [0.2, 0.25) is 0 Å². The molecule has 3 saturated carbocycles. The highest BCUT2D eigenvalue weighted by molar-refractivity contribution is 6.01. The van der Waals surface area contributed by atoms with Crippen LogP contribution in [0.1, 0.15) is 52.4 Å². The van der Waals surface area contributed by atoms with Crippen molar-refractivity contribution in [2.24, 2.45) is 34.5 Å². The number of fused-ring (bicyclic) bond motifs is 7. The number of ketones is 2. The second kappa shape index (κ2) is 8.06. The van der Waals surface area contributed by atoms with E-state index in [4.69, 9.17) is 9.47 Å². The molecule has 2 heterocycles. The number of piperidine rings is 1. The Balaban J connectivity index is 1.35. The van der Waals surface area contributed by atoms with E-state index in [9.17, 15) is 19.8 Å². The summed E-state index contributed by atoms with van der Waals surface area (Å²) >= 11 is 0. The largest absolute Gasteiger partial charge is 0.393 e. The van der Waals surface area contributed by atoms with E-state index in [2.05, 4.69) is 25.8 Å². The quantitative estimate of drug-likeness (QED) is 0.633. The third kappa shape index (κ3) is 3.14. The van der Waals surface area contributed by atoms with Gasteiger partial charge in [0.1, 0.15) is 6.61 Å². The number of likely N-dealkylation sites (tertiary alicyclic amines) is 1. The van der Waals surface area contributed by atoms with Gasteiger partial charge in [0.05, 0.1) is 12.2 Å². The van der Waals surface area contributed by atoms with Crippen molar-refractivity contribution in [2.45, 2.75) is 76.5 Å². The van der Waals surface area contributed by atoms with E-state index in [1.54, 1.807) is 12.2 Å². The van der Waals surface area contributed by atoms with Crippen molar-refractivity contribution >= 4 is 11.6 Å². The SMILES string of the molecule is CN1CCC(C2O[C@H]3C[C@H]4[C@@H]5CCC6=CC(=O)C=C[C@]6(C)[C@H]5[C@@H](O)C[C@]4(C)[C@]3(C(=O)CO)O2)CC1. The molecule has 1 unspecified atom stereocenters. The number of hydrogen-bond acceptors (Lipinski definition) is 7. The van der Waals surface area contributed by atoms with Crippen molar-refractivity contribution in [2.75, 3.05) is 26.7 Å². The molecule has 4 aliphatic carbocycles. The maximum atomic E-state index is 13.5. The molecule has 7 heteroatoms. The van der Waals surface area contributed by atoms with Crippen LogP contribution >= 0.6 is 0 Å². The highest BCUT2D eigenvalue weighted by atomic mass is 16.7. The van der Waals surface area contributed by atoms with Crippen molar-refractivity contribution in [1.29, 1.82) is 0 Å². The third-order valence-corrected chi connectivity index (χ3v) is 11.0. The molecule has 0 spiro atoms. The Labute approximate surface area is 207 Å². The number of hydrogen-bond donors (Lipinski definition) is 2. The topological polar surface area (TPSA) is 96.3 Å². The van der Waals surface area contributed by atoms with Crippen molar-refractivity contribution in [3.63, 3.8) is 0 Å². The number of Topliss-reactive ketones (excluding diaryl/α,β-unsaturated/α-hetero) is 1. The molecule has 9 atom stereocenters. The molecule has 0 aromatic carbocycles. The van der Waals surface area contributed by atoms with Gasteiger partial charge < -0.3 is 24.6 Å². The molecule has 2 N–H and O–H groups in total. The Bertz CT molecular complexity index is 984. The fourth-order valence-corrected chi connectivity index (χ4v) is 9.22. The summed E-state index contributed by atoms with van der Waals surface area (Å²) in [6, 6.07) is 0. The number of allylic oxidation sites excluding steroid dienone is 4. The van der Waals surface area contributed by atoms with Gasteiger partial charge in [-0.2, -0.15) is 0 Å². The van der Waals surface area contributed by atoms with Crippen LogP contribution in [0.15, 0.2) is 23.8 Å². The molecule has 0 radical (unpaired) electrons. The van der Waals surface area contributed by atoms with Gasteiger partial charge in [0.25, 0.3) is 0 Å². The lowest BCUT2D eigenvalue weighted by Gasteiger charge is -2.59. The Hall–Kier alpha value is -1.38. The van der Waals surface area contributed by atoms with Gasteiger partial charge >= 0.3 is 0 Å². The minimum Gasteiger partial charge on any atom is -0.393 e. The number of ether oxygens (including phenoxy) is 2. The van der Waals surface area contributed by atoms with Crippen LogP contribution in [0.5, 0.6) is 0 Å². The first-order chi connectivity index (χ1) is 16.6. The lowest BCUT2D eigenvalue weighted by molar-refractivity contribution is -0.210. The van der Waals surface area contributed by atoms with Gasteiger partial charge in [-0.1, -0.05) is 25.5 Å². The van der Waals surface area contributed by atoms with E-state index >= 15 is 0 Å². The molecule has 7 nitrogen and oxygen atoms in total. The molecule has 2 aliphatic heterocycles. The first kappa shape index (κ1) is 24.0. The molecule has 5 fully saturated rings. The zero-order valence-corrected chi connectivity index (χ0v) is 21.1. The summed E-state index contributed by atoms with van der Waals surface area (Å²) in [5, 5.41) is 21.8. The average molecular weight is 486 g/mol. The Morgan fingerprint density at radius 3 is 2.69 bits per heavy atom. The first-order valence-electron chi connectivity index (χ1n) is 13.4. The predicted octanol–water partition coefficient (Wildman–Crippen LogP) is 2.26. The van der Waals surface area contributed by atoms with E-state index in [1.165, 1.54) is 0 Å². The molecular weight excluding hydrogens is 446 g/mol. The fourth-order valence-electron chi connectivity index (χ4n) is 9.22. The maximum Gasteiger partial charge on any atom is 0.193 e. The number of nitrogens with zero attached hydrogens (tertiary/aromatic N) is 1. The number of rotatable bonds is 3. The van der Waals surface area contributed by atoms with Crippen molar-refractivity contribution < 1.29 is 29.3 Å². The van der Waals surface area contributed by atoms with Crippen LogP contribution in [0.4, 0.5) is 0 Å². The molecule has 0 amide bonds. The third-order valence-electron chi connectivity index (χ3n) is 11.0. The highest BCUT2D eigenvalue weighted by Gasteiger charge is 2.76. The van der Waals surface area contributed by atoms with Crippen molar-refractivity contribution in [3.8, 4) is 0 Å². The van der Waals surface area contributed by atoms with Gasteiger partial charge in [0.2, 0.25) is 0 Å². The zero-order chi connectivity index (χ0) is 24.8. The van der Waals surface area contributed by atoms with Crippen LogP contribution in [0.3, 0.4) is 0 Å². The lowest BCUT2D eigenvalue weighted by Crippen LogP contribution is -2.63. The van der Waals surface area contributed by atoms with E-state index < -0.39 is 36.1 Å². The normalized spacial score (nSPS) is 49.7. The smallest absolute Gasteiger partial charge is 0.193 e. The van der Waals surface area contributed by atoms with E-state index in [-0.39, 0.29) is 40.7 Å². The molecule has 2 saturated heterocycles. The van der Waals surface area contributed by atoms with Crippen LogP contribution in [-0.2, 0) is 19.1 Å². The number of carbonyl (C=O) groups is 2. The Kier molecular flexibility index (Phi) is 5.52. The molecule has 6 aliphatic rings. The van der Waals surface area contributed by atoms with Crippen LogP contribution in [0, 0.1) is 34.5 Å². The first-order valence-corrected chi connectivity index (χ1v) is 13.4. The summed E-state index contributed by atoms with van der Waals surface area (Å²) in [4.78, 5) is 27.9. The molecule has 0 bridgehead atoms. The minimum absolute atomic E-state index is 0.0188. The Morgan fingerprint density at radius 1 is 1.23 bits per heavy atom.